The summed E-state index contributed by atoms with van der Waals surface area (Å²) in [6.45, 7) is 6.41. The van der Waals surface area contributed by atoms with Gasteiger partial charge in [-0.2, -0.15) is 0 Å². The SMILES string of the molecule is CC.CCCCCCCCc1ccc(CCC(CO)CO)cc1. The maximum atomic E-state index is 9.06. The quantitative estimate of drug-likeness (QED) is 0.522. The van der Waals surface area contributed by atoms with Gasteiger partial charge < -0.3 is 10.2 Å². The number of rotatable bonds is 12. The van der Waals surface area contributed by atoms with Crippen LogP contribution in [0.15, 0.2) is 24.3 Å². The first-order chi connectivity index (χ1) is 11.3. The summed E-state index contributed by atoms with van der Waals surface area (Å²) in [4.78, 5) is 0. The molecule has 1 aromatic rings. The summed E-state index contributed by atoms with van der Waals surface area (Å²) in [5, 5.41) is 18.1. The Morgan fingerprint density at radius 3 is 1.74 bits per heavy atom. The monoisotopic (exact) mass is 322 g/mol. The fourth-order valence-electron chi connectivity index (χ4n) is 2.59. The van der Waals surface area contributed by atoms with E-state index >= 15 is 0 Å². The number of benzene rings is 1. The minimum absolute atomic E-state index is 0.0211. The molecule has 0 aliphatic carbocycles. The third-order valence-electron chi connectivity index (χ3n) is 4.20. The molecule has 134 valence electrons. The molecule has 0 fully saturated rings. The molecule has 1 rings (SSSR count). The van der Waals surface area contributed by atoms with Gasteiger partial charge in [0.05, 0.1) is 0 Å². The lowest BCUT2D eigenvalue weighted by molar-refractivity contribution is 0.144. The Morgan fingerprint density at radius 2 is 1.22 bits per heavy atom. The van der Waals surface area contributed by atoms with E-state index in [1.54, 1.807) is 0 Å². The van der Waals surface area contributed by atoms with Crippen LogP contribution < -0.4 is 0 Å². The largest absolute Gasteiger partial charge is 0.396 e. The highest BCUT2D eigenvalue weighted by Crippen LogP contribution is 2.13. The van der Waals surface area contributed by atoms with Crippen molar-refractivity contribution in [3.8, 4) is 0 Å². The number of aliphatic hydroxyl groups is 2. The van der Waals surface area contributed by atoms with Crippen LogP contribution in [0.5, 0.6) is 0 Å². The van der Waals surface area contributed by atoms with Gasteiger partial charge >= 0.3 is 0 Å². The first kappa shape index (κ1) is 22.1. The molecule has 0 spiro atoms. The smallest absolute Gasteiger partial charge is 0.0481 e. The summed E-state index contributed by atoms with van der Waals surface area (Å²) in [5.74, 6) is 0.0211. The van der Waals surface area contributed by atoms with Gasteiger partial charge in [0.15, 0.2) is 0 Å². The molecule has 1 aromatic carbocycles. The van der Waals surface area contributed by atoms with Gasteiger partial charge in [0.25, 0.3) is 0 Å². The molecule has 0 unspecified atom stereocenters. The molecule has 0 bridgehead atoms. The van der Waals surface area contributed by atoms with Crippen molar-refractivity contribution in [2.24, 2.45) is 5.92 Å². The Morgan fingerprint density at radius 1 is 0.739 bits per heavy atom. The number of aryl methyl sites for hydroxylation is 2. The summed E-state index contributed by atoms with van der Waals surface area (Å²) in [6, 6.07) is 8.85. The highest BCUT2D eigenvalue weighted by Gasteiger charge is 2.05. The van der Waals surface area contributed by atoms with E-state index in [1.807, 2.05) is 13.8 Å². The molecule has 0 saturated heterocycles. The van der Waals surface area contributed by atoms with Crippen molar-refractivity contribution in [1.29, 1.82) is 0 Å². The second-order valence-electron chi connectivity index (χ2n) is 6.10. The van der Waals surface area contributed by atoms with Gasteiger partial charge in [0, 0.05) is 19.1 Å². The van der Waals surface area contributed by atoms with Gasteiger partial charge in [-0.3, -0.25) is 0 Å². The van der Waals surface area contributed by atoms with Crippen molar-refractivity contribution in [3.63, 3.8) is 0 Å². The Balaban J connectivity index is 0.00000232. The molecule has 2 N–H and O–H groups in total. The predicted octanol–water partition coefficient (Wildman–Crippen LogP) is 5.15. The average Bonchev–Trinajstić information content (AvgIpc) is 2.62. The van der Waals surface area contributed by atoms with Gasteiger partial charge in [-0.05, 0) is 36.8 Å². The molecule has 0 aliphatic rings. The molecule has 2 nitrogen and oxygen atoms in total. The fraction of sp³-hybridized carbons (Fsp3) is 0.714. The lowest BCUT2D eigenvalue weighted by Gasteiger charge is -2.10. The average molecular weight is 323 g/mol. The highest BCUT2D eigenvalue weighted by atomic mass is 16.3. The van der Waals surface area contributed by atoms with Crippen LogP contribution in [0.4, 0.5) is 0 Å². The summed E-state index contributed by atoms with van der Waals surface area (Å²) >= 11 is 0. The van der Waals surface area contributed by atoms with E-state index in [0.717, 1.165) is 12.8 Å². The van der Waals surface area contributed by atoms with Crippen LogP contribution in [-0.2, 0) is 12.8 Å². The van der Waals surface area contributed by atoms with Crippen molar-refractivity contribution in [3.05, 3.63) is 35.4 Å². The van der Waals surface area contributed by atoms with Crippen LogP contribution in [0.1, 0.15) is 76.8 Å². The zero-order chi connectivity index (χ0) is 17.3. The van der Waals surface area contributed by atoms with Gasteiger partial charge in [0.2, 0.25) is 0 Å². The van der Waals surface area contributed by atoms with Gasteiger partial charge in [-0.15, -0.1) is 0 Å². The lowest BCUT2D eigenvalue weighted by Crippen LogP contribution is -2.11. The molecule has 0 atom stereocenters. The Kier molecular flexibility index (Phi) is 15.4. The number of aliphatic hydroxyl groups excluding tert-OH is 2. The number of hydrogen-bond acceptors (Lipinski definition) is 2. The van der Waals surface area contributed by atoms with Gasteiger partial charge in [0.1, 0.15) is 0 Å². The van der Waals surface area contributed by atoms with E-state index in [2.05, 4.69) is 31.2 Å². The predicted molar refractivity (Wildman–Crippen MR) is 101 cm³/mol. The molecule has 0 aromatic heterocycles. The zero-order valence-corrected chi connectivity index (χ0v) is 15.6. The molecule has 0 saturated carbocycles. The van der Waals surface area contributed by atoms with Crippen LogP contribution in [0.2, 0.25) is 0 Å². The Labute approximate surface area is 143 Å². The second kappa shape index (κ2) is 16.0. The van der Waals surface area contributed by atoms with Crippen molar-refractivity contribution < 1.29 is 10.2 Å². The summed E-state index contributed by atoms with van der Waals surface area (Å²) in [7, 11) is 0. The third kappa shape index (κ3) is 11.3. The molecular weight excluding hydrogens is 284 g/mol. The summed E-state index contributed by atoms with van der Waals surface area (Å²) < 4.78 is 0. The minimum Gasteiger partial charge on any atom is -0.396 e. The van der Waals surface area contributed by atoms with Crippen molar-refractivity contribution >= 4 is 0 Å². The molecule has 0 aliphatic heterocycles. The maximum Gasteiger partial charge on any atom is 0.0481 e. The first-order valence-electron chi connectivity index (χ1n) is 9.59. The Hall–Kier alpha value is -0.860. The van der Waals surface area contributed by atoms with E-state index in [9.17, 15) is 0 Å². The van der Waals surface area contributed by atoms with Crippen LogP contribution >= 0.6 is 0 Å². The molecule has 0 amide bonds. The first-order valence-corrected chi connectivity index (χ1v) is 9.59. The highest BCUT2D eigenvalue weighted by molar-refractivity contribution is 5.22. The Bertz CT molecular complexity index is 341. The number of hydrogen-bond donors (Lipinski definition) is 2. The molecule has 0 radical (unpaired) electrons. The minimum atomic E-state index is 0.0211. The van der Waals surface area contributed by atoms with Crippen molar-refractivity contribution in [2.75, 3.05) is 13.2 Å². The number of unbranched alkanes of at least 4 members (excludes halogenated alkanes) is 5. The normalized spacial score (nSPS) is 10.5. The fourth-order valence-corrected chi connectivity index (χ4v) is 2.59. The van der Waals surface area contributed by atoms with Crippen molar-refractivity contribution in [1.82, 2.24) is 0 Å². The summed E-state index contributed by atoms with van der Waals surface area (Å²) in [6.07, 6.45) is 11.0. The van der Waals surface area contributed by atoms with E-state index in [1.165, 1.54) is 56.1 Å². The topological polar surface area (TPSA) is 40.5 Å². The van der Waals surface area contributed by atoms with Gasteiger partial charge in [-0.1, -0.05) is 77.1 Å². The zero-order valence-electron chi connectivity index (χ0n) is 15.6. The van der Waals surface area contributed by atoms with E-state index in [4.69, 9.17) is 10.2 Å². The van der Waals surface area contributed by atoms with E-state index in [-0.39, 0.29) is 19.1 Å². The van der Waals surface area contributed by atoms with Crippen LogP contribution in [0.25, 0.3) is 0 Å². The molecule has 0 heterocycles. The molecular formula is C21H38O2. The van der Waals surface area contributed by atoms with Gasteiger partial charge in [-0.25, -0.2) is 0 Å². The molecule has 2 heteroatoms. The standard InChI is InChI=1S/C19H32O2.C2H6/c1-2-3-4-5-6-7-8-17-9-11-18(12-10-17)13-14-19(15-20)16-21;1-2/h9-12,19-21H,2-8,13-16H2,1H3;1-2H3. The van der Waals surface area contributed by atoms with E-state index in [0.29, 0.717) is 0 Å². The maximum absolute atomic E-state index is 9.06. The van der Waals surface area contributed by atoms with Crippen LogP contribution in [-0.4, -0.2) is 23.4 Å². The second-order valence-corrected chi connectivity index (χ2v) is 6.10. The lowest BCUT2D eigenvalue weighted by atomic mass is 9.99. The van der Waals surface area contributed by atoms with Crippen molar-refractivity contribution in [2.45, 2.75) is 78.6 Å². The van der Waals surface area contributed by atoms with E-state index < -0.39 is 0 Å². The third-order valence-corrected chi connectivity index (χ3v) is 4.20. The summed E-state index contributed by atoms with van der Waals surface area (Å²) in [5.41, 5.74) is 2.73. The molecule has 23 heavy (non-hydrogen) atoms. The van der Waals surface area contributed by atoms with Crippen LogP contribution in [0.3, 0.4) is 0 Å². The van der Waals surface area contributed by atoms with Crippen LogP contribution in [0, 0.1) is 5.92 Å².